The second-order valence-electron chi connectivity index (χ2n) is 9.60. The van der Waals surface area contributed by atoms with Crippen LogP contribution in [-0.2, 0) is 18.9 Å². The molecule has 0 amide bonds. The van der Waals surface area contributed by atoms with E-state index < -0.39 is 54.7 Å². The number of nitrogen functional groups attached to an aromatic ring is 1. The highest BCUT2D eigenvalue weighted by Gasteiger charge is 2.50. The molecule has 4 atom stereocenters. The lowest BCUT2D eigenvalue weighted by Gasteiger charge is -2.20. The van der Waals surface area contributed by atoms with Crippen molar-refractivity contribution in [2.45, 2.75) is 51.0 Å². The molecule has 1 fully saturated rings. The van der Waals surface area contributed by atoms with E-state index in [0.29, 0.717) is 0 Å². The van der Waals surface area contributed by atoms with Crippen LogP contribution in [0.4, 0.5) is 10.2 Å². The molecule has 38 heavy (non-hydrogen) atoms. The molecule has 1 aliphatic heterocycles. The topological polar surface area (TPSA) is 132 Å². The summed E-state index contributed by atoms with van der Waals surface area (Å²) in [5.74, 6) is -2.42. The van der Waals surface area contributed by atoms with Gasteiger partial charge in [-0.25, -0.2) is 23.8 Å². The van der Waals surface area contributed by atoms with Crippen LogP contribution < -0.4 is 5.73 Å². The first-order valence-electron chi connectivity index (χ1n) is 11.9. The zero-order chi connectivity index (χ0) is 27.4. The molecule has 2 aromatic carbocycles. The summed E-state index contributed by atoms with van der Waals surface area (Å²) in [5, 5.41) is 0. The van der Waals surface area contributed by atoms with Gasteiger partial charge in [-0.05, 0) is 45.0 Å². The minimum atomic E-state index is -1.94. The molecule has 4 rings (SSSR count). The van der Waals surface area contributed by atoms with Gasteiger partial charge in [0, 0.05) is 0 Å². The minimum absolute atomic E-state index is 0.193. The van der Waals surface area contributed by atoms with Crippen LogP contribution in [-0.4, -0.2) is 58.0 Å². The normalized spacial score (nSPS) is 21.1. The summed E-state index contributed by atoms with van der Waals surface area (Å²) >= 11 is 0. The Morgan fingerprint density at radius 2 is 1.55 bits per heavy atom. The number of aromatic nitrogens is 2. The summed E-state index contributed by atoms with van der Waals surface area (Å²) in [7, 11) is 0. The molecule has 0 radical (unpaired) electrons. The van der Waals surface area contributed by atoms with Crippen molar-refractivity contribution in [3.05, 3.63) is 83.8 Å². The van der Waals surface area contributed by atoms with Gasteiger partial charge in [-0.1, -0.05) is 36.4 Å². The SMILES string of the molecule is CC(C)(C)OC(=O)c1ncn([C@@H]2O[C@H](COC(=O)c3ccccc3)[C@@H](OC(=O)c3ccccc3)[C@@H]2F)c1N. The van der Waals surface area contributed by atoms with Crippen molar-refractivity contribution in [1.82, 2.24) is 9.55 Å². The predicted octanol–water partition coefficient (Wildman–Crippen LogP) is 3.74. The van der Waals surface area contributed by atoms with E-state index in [0.717, 1.165) is 10.9 Å². The molecule has 0 unspecified atom stereocenters. The van der Waals surface area contributed by atoms with E-state index in [1.165, 1.54) is 12.1 Å². The van der Waals surface area contributed by atoms with E-state index >= 15 is 4.39 Å². The molecule has 3 aromatic rings. The van der Waals surface area contributed by atoms with Crippen LogP contribution in [0.15, 0.2) is 67.0 Å². The number of rotatable bonds is 7. The minimum Gasteiger partial charge on any atom is -0.459 e. The lowest BCUT2D eigenvalue weighted by atomic mass is 10.1. The highest BCUT2D eigenvalue weighted by molar-refractivity contribution is 5.92. The van der Waals surface area contributed by atoms with E-state index in [2.05, 4.69) is 4.98 Å². The number of carbonyl (C=O) groups is 3. The third-order valence-corrected chi connectivity index (χ3v) is 5.61. The maximum Gasteiger partial charge on any atom is 0.361 e. The fourth-order valence-corrected chi connectivity index (χ4v) is 3.83. The third-order valence-electron chi connectivity index (χ3n) is 5.61. The predicted molar refractivity (Wildman–Crippen MR) is 133 cm³/mol. The Morgan fingerprint density at radius 1 is 0.974 bits per heavy atom. The Balaban J connectivity index is 1.56. The average Bonchev–Trinajstić information content (AvgIpc) is 3.41. The Bertz CT molecular complexity index is 1290. The Kier molecular flexibility index (Phi) is 7.77. The molecule has 1 saturated heterocycles. The van der Waals surface area contributed by atoms with Gasteiger partial charge in [0.2, 0.25) is 0 Å². The van der Waals surface area contributed by atoms with Crippen molar-refractivity contribution in [3.63, 3.8) is 0 Å². The molecule has 11 heteroatoms. The molecular weight excluding hydrogens is 497 g/mol. The molecule has 2 N–H and O–H groups in total. The van der Waals surface area contributed by atoms with Crippen molar-refractivity contribution in [1.29, 1.82) is 0 Å². The van der Waals surface area contributed by atoms with Gasteiger partial charge in [0.25, 0.3) is 0 Å². The number of alkyl halides is 1. The fourth-order valence-electron chi connectivity index (χ4n) is 3.83. The first kappa shape index (κ1) is 26.8. The van der Waals surface area contributed by atoms with E-state index in [1.54, 1.807) is 69.3 Å². The smallest absolute Gasteiger partial charge is 0.361 e. The Morgan fingerprint density at radius 3 is 2.13 bits per heavy atom. The molecule has 0 saturated carbocycles. The van der Waals surface area contributed by atoms with Crippen molar-refractivity contribution in [2.75, 3.05) is 12.3 Å². The number of hydrogen-bond donors (Lipinski definition) is 1. The van der Waals surface area contributed by atoms with Crippen molar-refractivity contribution >= 4 is 23.7 Å². The summed E-state index contributed by atoms with van der Waals surface area (Å²) in [6.45, 7) is 4.64. The van der Waals surface area contributed by atoms with Crippen LogP contribution in [0, 0.1) is 0 Å². The van der Waals surface area contributed by atoms with Gasteiger partial charge in [0.15, 0.2) is 24.2 Å². The third kappa shape index (κ3) is 6.00. The van der Waals surface area contributed by atoms with Gasteiger partial charge in [-0.2, -0.15) is 0 Å². The van der Waals surface area contributed by atoms with Gasteiger partial charge < -0.3 is 24.7 Å². The maximum absolute atomic E-state index is 15.8. The molecule has 1 aliphatic rings. The summed E-state index contributed by atoms with van der Waals surface area (Å²) in [5.41, 5.74) is 5.59. The van der Waals surface area contributed by atoms with Crippen LogP contribution in [0.2, 0.25) is 0 Å². The van der Waals surface area contributed by atoms with Crippen molar-refractivity contribution < 1.29 is 37.7 Å². The zero-order valence-electron chi connectivity index (χ0n) is 21.1. The number of ether oxygens (including phenoxy) is 4. The standard InChI is InChI=1S/C27H28FN3O7/c1-27(2,3)38-26(34)20-22(29)31(15-30-20)23-19(28)21(37-25(33)17-12-8-5-9-13-17)18(36-23)14-35-24(32)16-10-6-4-7-11-16/h4-13,15,18-19,21,23H,14,29H2,1-3H3/t18-,19+,21-,23-/m1/s1. The Labute approximate surface area is 218 Å². The van der Waals surface area contributed by atoms with E-state index in [4.69, 9.17) is 24.7 Å². The first-order valence-corrected chi connectivity index (χ1v) is 11.9. The summed E-state index contributed by atoms with van der Waals surface area (Å²) in [6.07, 6.45) is -4.86. The summed E-state index contributed by atoms with van der Waals surface area (Å²) in [6, 6.07) is 16.3. The van der Waals surface area contributed by atoms with E-state index in [-0.39, 0.29) is 22.6 Å². The van der Waals surface area contributed by atoms with Crippen LogP contribution in [0.3, 0.4) is 0 Å². The van der Waals surface area contributed by atoms with Crippen LogP contribution in [0.1, 0.15) is 58.2 Å². The van der Waals surface area contributed by atoms with Gasteiger partial charge in [0.1, 0.15) is 24.1 Å². The lowest BCUT2D eigenvalue weighted by molar-refractivity contribution is -0.0574. The zero-order valence-corrected chi connectivity index (χ0v) is 21.1. The Hall–Kier alpha value is -4.25. The van der Waals surface area contributed by atoms with Gasteiger partial charge in [0.05, 0.1) is 17.5 Å². The van der Waals surface area contributed by atoms with E-state index in [9.17, 15) is 14.4 Å². The fraction of sp³-hybridized carbons (Fsp3) is 0.333. The van der Waals surface area contributed by atoms with Crippen LogP contribution >= 0.6 is 0 Å². The number of imidazole rings is 1. The highest BCUT2D eigenvalue weighted by atomic mass is 19.1. The number of benzene rings is 2. The number of anilines is 1. The molecule has 0 bridgehead atoms. The number of hydrogen-bond acceptors (Lipinski definition) is 9. The largest absolute Gasteiger partial charge is 0.459 e. The van der Waals surface area contributed by atoms with Crippen molar-refractivity contribution in [3.8, 4) is 0 Å². The number of nitrogens with zero attached hydrogens (tertiary/aromatic N) is 2. The highest BCUT2D eigenvalue weighted by Crippen LogP contribution is 2.36. The molecule has 0 spiro atoms. The lowest BCUT2D eigenvalue weighted by Crippen LogP contribution is -2.37. The molecular formula is C27H28FN3O7. The maximum atomic E-state index is 15.8. The summed E-state index contributed by atoms with van der Waals surface area (Å²) in [4.78, 5) is 41.7. The monoisotopic (exact) mass is 525 g/mol. The van der Waals surface area contributed by atoms with Gasteiger partial charge >= 0.3 is 17.9 Å². The number of esters is 3. The molecule has 200 valence electrons. The number of nitrogens with two attached hydrogens (primary N) is 1. The van der Waals surface area contributed by atoms with E-state index in [1.807, 2.05) is 0 Å². The first-order chi connectivity index (χ1) is 18.0. The van der Waals surface area contributed by atoms with Crippen molar-refractivity contribution in [2.24, 2.45) is 0 Å². The summed E-state index contributed by atoms with van der Waals surface area (Å²) < 4.78 is 38.9. The molecule has 10 nitrogen and oxygen atoms in total. The van der Waals surface area contributed by atoms with Crippen LogP contribution in [0.5, 0.6) is 0 Å². The van der Waals surface area contributed by atoms with Crippen LogP contribution in [0.25, 0.3) is 0 Å². The average molecular weight is 526 g/mol. The molecule has 2 heterocycles. The van der Waals surface area contributed by atoms with Gasteiger partial charge in [-0.15, -0.1) is 0 Å². The molecule has 0 aliphatic carbocycles. The van der Waals surface area contributed by atoms with Gasteiger partial charge in [-0.3, -0.25) is 4.57 Å². The number of halogens is 1. The quantitative estimate of drug-likeness (QED) is 0.362. The second kappa shape index (κ2) is 11.0. The second-order valence-corrected chi connectivity index (χ2v) is 9.60. The number of carbonyl (C=O) groups excluding carboxylic acids is 3. The molecule has 1 aromatic heterocycles.